The summed E-state index contributed by atoms with van der Waals surface area (Å²) in [6.07, 6.45) is 3.78. The Balaban J connectivity index is 2.29. The Kier molecular flexibility index (Phi) is 3.15. The third-order valence-electron chi connectivity index (χ3n) is 2.98. The van der Waals surface area contributed by atoms with Gasteiger partial charge < -0.3 is 0 Å². The Hall–Kier alpha value is -1.78. The molecule has 2 rings (SSSR count). The van der Waals surface area contributed by atoms with Crippen molar-refractivity contribution in [2.45, 2.75) is 40.8 Å². The molecule has 2 aromatic rings. The number of aromatic nitrogens is 4. The van der Waals surface area contributed by atoms with E-state index in [1.807, 2.05) is 55.4 Å². The first-order valence-corrected chi connectivity index (χ1v) is 6.17. The van der Waals surface area contributed by atoms with Crippen LogP contribution >= 0.6 is 0 Å². The highest BCUT2D eigenvalue weighted by molar-refractivity contribution is 5.82. The first kappa shape index (κ1) is 12.7. The van der Waals surface area contributed by atoms with E-state index in [9.17, 15) is 4.79 Å². The van der Waals surface area contributed by atoms with Gasteiger partial charge in [-0.2, -0.15) is 4.57 Å². The maximum absolute atomic E-state index is 12.0. The molecule has 0 aliphatic carbocycles. The van der Waals surface area contributed by atoms with Gasteiger partial charge in [0.2, 0.25) is 12.3 Å². The normalized spacial score (nSPS) is 12.0. The van der Waals surface area contributed by atoms with Crippen LogP contribution in [0, 0.1) is 5.41 Å². The van der Waals surface area contributed by atoms with Crippen LogP contribution in [0.25, 0.3) is 11.0 Å². The van der Waals surface area contributed by atoms with Crippen LogP contribution in [0.5, 0.6) is 0 Å². The Morgan fingerprint density at radius 2 is 2.17 bits per heavy atom. The highest BCUT2D eigenvalue weighted by atomic mass is 16.1. The van der Waals surface area contributed by atoms with Gasteiger partial charge in [0, 0.05) is 18.0 Å². The molecule has 0 unspecified atom stereocenters. The van der Waals surface area contributed by atoms with E-state index in [1.165, 1.54) is 0 Å². The van der Waals surface area contributed by atoms with Gasteiger partial charge in [-0.25, -0.2) is 4.68 Å². The van der Waals surface area contributed by atoms with E-state index < -0.39 is 0 Å². The molecular weight excluding hydrogens is 228 g/mol. The lowest BCUT2D eigenvalue weighted by molar-refractivity contribution is -0.683. The SMILES string of the molecule is CCn1nnc2c[n+](CC(=O)C(C)(C)C)ccc21. The number of hydrogen-bond donors (Lipinski definition) is 0. The van der Waals surface area contributed by atoms with Gasteiger partial charge in [0.05, 0.1) is 0 Å². The van der Waals surface area contributed by atoms with Crippen LogP contribution in [0.15, 0.2) is 18.5 Å². The zero-order valence-electron chi connectivity index (χ0n) is 11.3. The topological polar surface area (TPSA) is 51.7 Å². The average molecular weight is 247 g/mol. The van der Waals surface area contributed by atoms with E-state index >= 15 is 0 Å². The number of carbonyl (C=O) groups excluding carboxylic acids is 1. The van der Waals surface area contributed by atoms with Gasteiger partial charge in [-0.3, -0.25) is 4.79 Å². The molecule has 0 saturated heterocycles. The number of nitrogens with zero attached hydrogens (tertiary/aromatic N) is 4. The van der Waals surface area contributed by atoms with Crippen molar-refractivity contribution >= 4 is 16.8 Å². The largest absolute Gasteiger partial charge is 0.292 e. The summed E-state index contributed by atoms with van der Waals surface area (Å²) in [5, 5.41) is 8.15. The number of ketones is 1. The second-order valence-corrected chi connectivity index (χ2v) is 5.47. The van der Waals surface area contributed by atoms with Gasteiger partial charge in [0.15, 0.2) is 17.9 Å². The molecule has 0 radical (unpaired) electrons. The summed E-state index contributed by atoms with van der Waals surface area (Å²) in [7, 11) is 0. The molecular formula is C13H19N4O+. The van der Waals surface area contributed by atoms with Crippen molar-refractivity contribution in [3.05, 3.63) is 18.5 Å². The second-order valence-electron chi connectivity index (χ2n) is 5.47. The zero-order chi connectivity index (χ0) is 13.3. The number of fused-ring (bicyclic) bond motifs is 1. The number of rotatable bonds is 3. The van der Waals surface area contributed by atoms with Crippen molar-refractivity contribution in [2.75, 3.05) is 0 Å². The summed E-state index contributed by atoms with van der Waals surface area (Å²) < 4.78 is 3.70. The standard InChI is InChI=1S/C13H19N4O/c1-5-17-11-6-7-16(8-10(11)14-15-17)9-12(18)13(2,3)4/h6-8H,5,9H2,1-4H3/q+1. The molecule has 2 aromatic heterocycles. The molecule has 0 atom stereocenters. The Bertz CT molecular complexity index is 580. The number of pyridine rings is 1. The van der Waals surface area contributed by atoms with E-state index in [4.69, 9.17) is 0 Å². The van der Waals surface area contributed by atoms with Crippen LogP contribution in [0.3, 0.4) is 0 Å². The van der Waals surface area contributed by atoms with Crippen LogP contribution in [0.4, 0.5) is 0 Å². The Morgan fingerprint density at radius 3 is 2.78 bits per heavy atom. The van der Waals surface area contributed by atoms with E-state index in [-0.39, 0.29) is 11.2 Å². The molecule has 5 heteroatoms. The molecule has 0 bridgehead atoms. The van der Waals surface area contributed by atoms with Crippen molar-refractivity contribution in [1.29, 1.82) is 0 Å². The molecule has 5 nitrogen and oxygen atoms in total. The average Bonchev–Trinajstić information content (AvgIpc) is 2.69. The first-order chi connectivity index (χ1) is 8.41. The van der Waals surface area contributed by atoms with Crippen LogP contribution in [0.2, 0.25) is 0 Å². The molecule has 96 valence electrons. The fraction of sp³-hybridized carbons (Fsp3) is 0.538. The summed E-state index contributed by atoms with van der Waals surface area (Å²) in [5.41, 5.74) is 1.50. The molecule has 0 amide bonds. The molecule has 0 N–H and O–H groups in total. The number of aryl methyl sites for hydroxylation is 1. The van der Waals surface area contributed by atoms with Crippen molar-refractivity contribution in [3.63, 3.8) is 0 Å². The van der Waals surface area contributed by atoms with E-state index in [1.54, 1.807) is 0 Å². The second kappa shape index (κ2) is 4.48. The van der Waals surface area contributed by atoms with Gasteiger partial charge in [0.1, 0.15) is 5.52 Å². The predicted octanol–water partition coefficient (Wildman–Crippen LogP) is 1.35. The van der Waals surface area contributed by atoms with Crippen LogP contribution in [0.1, 0.15) is 27.7 Å². The summed E-state index contributed by atoms with van der Waals surface area (Å²) in [6.45, 7) is 8.99. The fourth-order valence-electron chi connectivity index (χ4n) is 1.70. The van der Waals surface area contributed by atoms with Crippen LogP contribution in [-0.2, 0) is 17.9 Å². The quantitative estimate of drug-likeness (QED) is 0.769. The molecule has 18 heavy (non-hydrogen) atoms. The van der Waals surface area contributed by atoms with E-state index in [2.05, 4.69) is 10.3 Å². The fourth-order valence-corrected chi connectivity index (χ4v) is 1.70. The van der Waals surface area contributed by atoms with Gasteiger partial charge in [-0.05, 0) is 6.92 Å². The minimum absolute atomic E-state index is 0.203. The predicted molar refractivity (Wildman–Crippen MR) is 67.9 cm³/mol. The summed E-state index contributed by atoms with van der Waals surface area (Å²) in [6, 6.07) is 1.95. The molecule has 0 fully saturated rings. The maximum atomic E-state index is 12.0. The summed E-state index contributed by atoms with van der Waals surface area (Å²) in [4.78, 5) is 12.0. The highest BCUT2D eigenvalue weighted by Crippen LogP contribution is 2.14. The van der Waals surface area contributed by atoms with Crippen molar-refractivity contribution in [2.24, 2.45) is 5.41 Å². The first-order valence-electron chi connectivity index (χ1n) is 6.17. The molecule has 0 aliphatic rings. The lowest BCUT2D eigenvalue weighted by Crippen LogP contribution is -2.41. The maximum Gasteiger partial charge on any atom is 0.207 e. The number of carbonyl (C=O) groups is 1. The number of hydrogen-bond acceptors (Lipinski definition) is 3. The summed E-state index contributed by atoms with van der Waals surface area (Å²) in [5.74, 6) is 0.203. The van der Waals surface area contributed by atoms with Gasteiger partial charge in [-0.1, -0.05) is 26.0 Å². The van der Waals surface area contributed by atoms with Gasteiger partial charge in [0.25, 0.3) is 0 Å². The van der Waals surface area contributed by atoms with E-state index in [0.717, 1.165) is 17.6 Å². The molecule has 0 aliphatic heterocycles. The van der Waals surface area contributed by atoms with Crippen molar-refractivity contribution < 1.29 is 9.36 Å². The Labute approximate surface area is 106 Å². The Morgan fingerprint density at radius 1 is 1.44 bits per heavy atom. The lowest BCUT2D eigenvalue weighted by Gasteiger charge is -2.13. The molecule has 0 spiro atoms. The minimum atomic E-state index is -0.316. The zero-order valence-corrected chi connectivity index (χ0v) is 11.3. The third-order valence-corrected chi connectivity index (χ3v) is 2.98. The lowest BCUT2D eigenvalue weighted by atomic mass is 9.91. The third kappa shape index (κ3) is 2.39. The molecule has 2 heterocycles. The smallest absolute Gasteiger partial charge is 0.207 e. The molecule has 0 saturated carbocycles. The minimum Gasteiger partial charge on any atom is -0.292 e. The highest BCUT2D eigenvalue weighted by Gasteiger charge is 2.25. The van der Waals surface area contributed by atoms with Gasteiger partial charge in [-0.15, -0.1) is 5.10 Å². The van der Waals surface area contributed by atoms with Gasteiger partial charge >= 0.3 is 0 Å². The summed E-state index contributed by atoms with van der Waals surface area (Å²) >= 11 is 0. The van der Waals surface area contributed by atoms with Crippen molar-refractivity contribution in [1.82, 2.24) is 15.0 Å². The monoisotopic (exact) mass is 247 g/mol. The van der Waals surface area contributed by atoms with E-state index in [0.29, 0.717) is 6.54 Å². The molecule has 0 aromatic carbocycles. The van der Waals surface area contributed by atoms with Crippen molar-refractivity contribution in [3.8, 4) is 0 Å². The number of Topliss-reactive ketones (excluding diaryl/α,β-unsaturated/α-hetero) is 1. The van der Waals surface area contributed by atoms with Crippen LogP contribution < -0.4 is 4.57 Å². The van der Waals surface area contributed by atoms with Crippen LogP contribution in [-0.4, -0.2) is 20.8 Å².